The Morgan fingerprint density at radius 2 is 1.86 bits per heavy atom. The van der Waals surface area contributed by atoms with Crippen LogP contribution in [0.1, 0.15) is 28.5 Å². The molecule has 0 saturated carbocycles. The molecule has 2 aromatic rings. The normalized spacial score (nSPS) is 11.4. The maximum atomic E-state index is 12.7. The summed E-state index contributed by atoms with van der Waals surface area (Å²) in [6.45, 7) is 3.72. The average Bonchev–Trinajstić information content (AvgIpc) is 2.92. The summed E-state index contributed by atoms with van der Waals surface area (Å²) in [6.07, 6.45) is 1.32. The summed E-state index contributed by atoms with van der Waals surface area (Å²) >= 11 is 0. The van der Waals surface area contributed by atoms with Crippen LogP contribution in [0.5, 0.6) is 0 Å². The Bertz CT molecular complexity index is 776. The van der Waals surface area contributed by atoms with Crippen molar-refractivity contribution in [1.29, 1.82) is 0 Å². The van der Waals surface area contributed by atoms with Gasteiger partial charge in [-0.2, -0.15) is 0 Å². The fraction of sp³-hybridized carbons (Fsp3) is 0.267. The summed E-state index contributed by atoms with van der Waals surface area (Å²) in [5.41, 5.74) is 6.90. The van der Waals surface area contributed by atoms with Gasteiger partial charge in [-0.3, -0.25) is 0 Å². The van der Waals surface area contributed by atoms with Crippen molar-refractivity contribution in [2.45, 2.75) is 25.3 Å². The Balaban J connectivity index is 2.58. The van der Waals surface area contributed by atoms with Crippen molar-refractivity contribution in [1.82, 2.24) is 3.97 Å². The van der Waals surface area contributed by atoms with Crippen molar-refractivity contribution in [3.63, 3.8) is 0 Å². The maximum absolute atomic E-state index is 12.7. The van der Waals surface area contributed by atoms with Crippen molar-refractivity contribution in [2.24, 2.45) is 5.73 Å². The molecule has 1 heterocycles. The molecule has 0 atom stereocenters. The molecular formula is C15H18N2O4S. The van der Waals surface area contributed by atoms with E-state index in [9.17, 15) is 13.2 Å². The molecule has 6 nitrogen and oxygen atoms in total. The SMILES string of the molecule is CCOC(=O)c1c(CN)ccn1S(=O)(=O)c1ccc(C)cc1. The first-order valence-corrected chi connectivity index (χ1v) is 8.25. The number of benzene rings is 1. The van der Waals surface area contributed by atoms with Gasteiger partial charge in [0.05, 0.1) is 11.5 Å². The molecule has 0 aliphatic carbocycles. The summed E-state index contributed by atoms with van der Waals surface area (Å²) in [5, 5.41) is 0. The molecule has 22 heavy (non-hydrogen) atoms. The number of esters is 1. The van der Waals surface area contributed by atoms with Crippen LogP contribution in [0, 0.1) is 6.92 Å². The summed E-state index contributed by atoms with van der Waals surface area (Å²) in [5.74, 6) is -0.705. The minimum absolute atomic E-state index is 0.0462. The van der Waals surface area contributed by atoms with Gasteiger partial charge in [0, 0.05) is 12.7 Å². The van der Waals surface area contributed by atoms with Gasteiger partial charge in [-0.15, -0.1) is 0 Å². The first kappa shape index (κ1) is 16.3. The predicted octanol–water partition coefficient (Wildman–Crippen LogP) is 1.67. The zero-order valence-corrected chi connectivity index (χ0v) is 13.3. The Hall–Kier alpha value is -2.12. The highest BCUT2D eigenvalue weighted by molar-refractivity contribution is 7.90. The number of ether oxygens (including phenoxy) is 1. The molecular weight excluding hydrogens is 304 g/mol. The van der Waals surface area contributed by atoms with E-state index >= 15 is 0 Å². The lowest BCUT2D eigenvalue weighted by Gasteiger charge is -2.11. The number of aromatic nitrogens is 1. The highest BCUT2D eigenvalue weighted by Crippen LogP contribution is 2.21. The number of hydrogen-bond acceptors (Lipinski definition) is 5. The average molecular weight is 322 g/mol. The van der Waals surface area contributed by atoms with Crippen molar-refractivity contribution in [2.75, 3.05) is 6.61 Å². The lowest BCUT2D eigenvalue weighted by Crippen LogP contribution is -2.21. The summed E-state index contributed by atoms with van der Waals surface area (Å²) in [7, 11) is -3.88. The first-order chi connectivity index (χ1) is 10.4. The van der Waals surface area contributed by atoms with Crippen LogP contribution in [0.2, 0.25) is 0 Å². The third-order valence-corrected chi connectivity index (χ3v) is 4.89. The number of hydrogen-bond donors (Lipinski definition) is 1. The molecule has 0 radical (unpaired) electrons. The first-order valence-electron chi connectivity index (χ1n) is 6.81. The molecule has 0 amide bonds. The summed E-state index contributed by atoms with van der Waals surface area (Å²) in [6, 6.07) is 7.91. The van der Waals surface area contributed by atoms with E-state index in [1.807, 2.05) is 6.92 Å². The fourth-order valence-electron chi connectivity index (χ4n) is 2.06. The van der Waals surface area contributed by atoms with E-state index in [0.717, 1.165) is 9.54 Å². The quantitative estimate of drug-likeness (QED) is 0.846. The lowest BCUT2D eigenvalue weighted by molar-refractivity contribution is 0.0517. The van der Waals surface area contributed by atoms with Gasteiger partial charge in [0.1, 0.15) is 5.69 Å². The topological polar surface area (TPSA) is 91.4 Å². The molecule has 0 spiro atoms. The molecule has 0 aliphatic heterocycles. The van der Waals surface area contributed by atoms with Crippen LogP contribution < -0.4 is 5.73 Å². The van der Waals surface area contributed by atoms with Crippen LogP contribution in [-0.2, 0) is 21.3 Å². The van der Waals surface area contributed by atoms with Gasteiger partial charge in [0.15, 0.2) is 0 Å². The van der Waals surface area contributed by atoms with Gasteiger partial charge in [0.2, 0.25) is 0 Å². The maximum Gasteiger partial charge on any atom is 0.356 e. The molecule has 2 rings (SSSR count). The van der Waals surface area contributed by atoms with Crippen LogP contribution in [0.15, 0.2) is 41.4 Å². The van der Waals surface area contributed by atoms with E-state index in [2.05, 4.69) is 0 Å². The van der Waals surface area contributed by atoms with Crippen LogP contribution in [0.25, 0.3) is 0 Å². The second-order valence-electron chi connectivity index (χ2n) is 4.73. The van der Waals surface area contributed by atoms with E-state index in [1.165, 1.54) is 24.4 Å². The van der Waals surface area contributed by atoms with E-state index in [1.54, 1.807) is 19.1 Å². The van der Waals surface area contributed by atoms with E-state index < -0.39 is 16.0 Å². The standard InChI is InChI=1S/C15H18N2O4S/c1-3-21-15(18)14-12(10-16)8-9-17(14)22(19,20)13-6-4-11(2)5-7-13/h4-9H,3,10,16H2,1-2H3. The number of rotatable bonds is 5. The van der Waals surface area contributed by atoms with Gasteiger partial charge in [-0.25, -0.2) is 17.2 Å². The molecule has 0 bridgehead atoms. The molecule has 0 aliphatic rings. The van der Waals surface area contributed by atoms with Gasteiger partial charge in [0.25, 0.3) is 10.0 Å². The second kappa shape index (κ2) is 6.33. The van der Waals surface area contributed by atoms with E-state index in [-0.39, 0.29) is 23.7 Å². The molecule has 0 saturated heterocycles. The molecule has 118 valence electrons. The minimum Gasteiger partial charge on any atom is -0.461 e. The molecule has 0 fully saturated rings. The highest BCUT2D eigenvalue weighted by atomic mass is 32.2. The van der Waals surface area contributed by atoms with Crippen LogP contribution in [0.4, 0.5) is 0 Å². The van der Waals surface area contributed by atoms with Gasteiger partial charge >= 0.3 is 5.97 Å². The minimum atomic E-state index is -3.88. The van der Waals surface area contributed by atoms with Crippen LogP contribution in [0.3, 0.4) is 0 Å². The van der Waals surface area contributed by atoms with Gasteiger partial charge in [-0.05, 0) is 37.6 Å². The van der Waals surface area contributed by atoms with Crippen molar-refractivity contribution >= 4 is 16.0 Å². The highest BCUT2D eigenvalue weighted by Gasteiger charge is 2.26. The van der Waals surface area contributed by atoms with Crippen molar-refractivity contribution in [3.05, 3.63) is 53.3 Å². The Labute approximate surface area is 129 Å². The Kier molecular flexibility index (Phi) is 4.68. The zero-order valence-electron chi connectivity index (χ0n) is 12.4. The molecule has 1 aromatic carbocycles. The zero-order chi connectivity index (χ0) is 16.3. The Morgan fingerprint density at radius 1 is 1.23 bits per heavy atom. The third kappa shape index (κ3) is 2.90. The summed E-state index contributed by atoms with van der Waals surface area (Å²) < 4.78 is 31.3. The van der Waals surface area contributed by atoms with E-state index in [4.69, 9.17) is 10.5 Å². The number of nitrogens with two attached hydrogens (primary N) is 1. The third-order valence-electron chi connectivity index (χ3n) is 3.20. The summed E-state index contributed by atoms with van der Waals surface area (Å²) in [4.78, 5) is 12.2. The lowest BCUT2D eigenvalue weighted by atomic mass is 10.2. The molecule has 7 heteroatoms. The Morgan fingerprint density at radius 3 is 2.41 bits per heavy atom. The van der Waals surface area contributed by atoms with Crippen molar-refractivity contribution < 1.29 is 17.9 Å². The molecule has 0 unspecified atom stereocenters. The fourth-order valence-corrected chi connectivity index (χ4v) is 3.42. The largest absolute Gasteiger partial charge is 0.461 e. The molecule has 1 aromatic heterocycles. The van der Waals surface area contributed by atoms with Crippen molar-refractivity contribution in [3.8, 4) is 0 Å². The monoisotopic (exact) mass is 322 g/mol. The smallest absolute Gasteiger partial charge is 0.356 e. The van der Waals surface area contributed by atoms with Gasteiger partial charge in [-0.1, -0.05) is 17.7 Å². The number of carbonyl (C=O) groups is 1. The second-order valence-corrected chi connectivity index (χ2v) is 6.54. The van der Waals surface area contributed by atoms with Gasteiger partial charge < -0.3 is 10.5 Å². The van der Waals surface area contributed by atoms with Crippen LogP contribution in [-0.4, -0.2) is 25.0 Å². The predicted molar refractivity (Wildman–Crippen MR) is 82.0 cm³/mol. The number of carbonyl (C=O) groups excluding carboxylic acids is 1. The van der Waals surface area contributed by atoms with E-state index in [0.29, 0.717) is 5.56 Å². The number of aryl methyl sites for hydroxylation is 1. The van der Waals surface area contributed by atoms with Crippen LogP contribution >= 0.6 is 0 Å². The number of nitrogens with zero attached hydrogens (tertiary/aromatic N) is 1. The molecule has 2 N–H and O–H groups in total.